The highest BCUT2D eigenvalue weighted by Crippen LogP contribution is 2.34. The number of esters is 1. The lowest BCUT2D eigenvalue weighted by Gasteiger charge is -2.30. The van der Waals surface area contributed by atoms with Gasteiger partial charge in [0.1, 0.15) is 0 Å². The van der Waals surface area contributed by atoms with Crippen molar-refractivity contribution in [3.8, 4) is 11.5 Å². The van der Waals surface area contributed by atoms with Gasteiger partial charge in [-0.3, -0.25) is 0 Å². The number of carbonyl (C=O) groups excluding carboxylic acids is 1. The molecule has 0 aliphatic carbocycles. The van der Waals surface area contributed by atoms with E-state index in [0.29, 0.717) is 34.5 Å². The summed E-state index contributed by atoms with van der Waals surface area (Å²) < 4.78 is 16.3. The molecule has 1 aliphatic rings. The maximum atomic E-state index is 12.3. The molecule has 2 N–H and O–H groups in total. The van der Waals surface area contributed by atoms with Crippen molar-refractivity contribution in [1.82, 2.24) is 10.6 Å². The van der Waals surface area contributed by atoms with Gasteiger partial charge in [0.05, 0.1) is 32.4 Å². The Hall–Kier alpha value is -2.28. The van der Waals surface area contributed by atoms with E-state index in [-0.39, 0.29) is 0 Å². The summed E-state index contributed by atoms with van der Waals surface area (Å²) in [6.45, 7) is 4.64. The topological polar surface area (TPSA) is 68.8 Å². The minimum Gasteiger partial charge on any atom is -0.493 e. The van der Waals surface area contributed by atoms with Crippen LogP contribution in [-0.2, 0) is 9.53 Å². The summed E-state index contributed by atoms with van der Waals surface area (Å²) >= 11 is 5.25. The van der Waals surface area contributed by atoms with Crippen molar-refractivity contribution in [3.63, 3.8) is 0 Å². The predicted octanol–water partition coefficient (Wildman–Crippen LogP) is 3.62. The molecule has 6 nitrogen and oxygen atoms in total. The Morgan fingerprint density at radius 2 is 1.96 bits per heavy atom. The fourth-order valence-corrected chi connectivity index (χ4v) is 3.29. The number of benzene rings is 1. The quantitative estimate of drug-likeness (QED) is 0.378. The number of ether oxygens (including phenoxy) is 3. The first kappa shape index (κ1) is 21.0. The normalized spacial score (nSPS) is 16.4. The van der Waals surface area contributed by atoms with Gasteiger partial charge in [-0.15, -0.1) is 0 Å². The van der Waals surface area contributed by atoms with E-state index in [1.54, 1.807) is 14.0 Å². The molecule has 0 amide bonds. The highest BCUT2D eigenvalue weighted by atomic mass is 32.1. The van der Waals surface area contributed by atoms with Crippen LogP contribution in [0.2, 0.25) is 0 Å². The molecule has 0 spiro atoms. The Labute approximate surface area is 166 Å². The van der Waals surface area contributed by atoms with Crippen molar-refractivity contribution >= 4 is 23.3 Å². The van der Waals surface area contributed by atoms with E-state index < -0.39 is 12.0 Å². The van der Waals surface area contributed by atoms with Gasteiger partial charge in [-0.05, 0) is 43.3 Å². The van der Waals surface area contributed by atoms with Crippen molar-refractivity contribution in [3.05, 3.63) is 35.0 Å². The summed E-state index contributed by atoms with van der Waals surface area (Å²) in [5.41, 5.74) is 2.00. The van der Waals surface area contributed by atoms with Gasteiger partial charge in [0.15, 0.2) is 16.6 Å². The second-order valence-corrected chi connectivity index (χ2v) is 6.79. The van der Waals surface area contributed by atoms with Crippen LogP contribution in [0.4, 0.5) is 0 Å². The molecule has 2 rings (SSSR count). The van der Waals surface area contributed by atoms with Crippen LogP contribution in [0.25, 0.3) is 0 Å². The molecule has 0 unspecified atom stereocenters. The third kappa shape index (κ3) is 5.35. The highest BCUT2D eigenvalue weighted by molar-refractivity contribution is 7.80. The Bertz CT molecular complexity index is 718. The third-order valence-corrected chi connectivity index (χ3v) is 4.67. The van der Waals surface area contributed by atoms with Gasteiger partial charge in [-0.1, -0.05) is 32.3 Å². The van der Waals surface area contributed by atoms with E-state index in [1.165, 1.54) is 20.0 Å². The lowest BCUT2D eigenvalue weighted by molar-refractivity contribution is -0.136. The average molecular weight is 393 g/mol. The Kier molecular flexibility index (Phi) is 7.91. The molecule has 1 aromatic carbocycles. The van der Waals surface area contributed by atoms with Gasteiger partial charge in [0.25, 0.3) is 0 Å². The molecule has 7 heteroatoms. The van der Waals surface area contributed by atoms with Gasteiger partial charge in [0.2, 0.25) is 0 Å². The van der Waals surface area contributed by atoms with E-state index in [2.05, 4.69) is 17.6 Å². The van der Waals surface area contributed by atoms with Crippen LogP contribution in [0.5, 0.6) is 11.5 Å². The van der Waals surface area contributed by atoms with Crippen molar-refractivity contribution in [2.45, 2.75) is 45.6 Å². The zero-order valence-electron chi connectivity index (χ0n) is 16.4. The lowest BCUT2D eigenvalue weighted by Crippen LogP contribution is -2.45. The fraction of sp³-hybridized carbons (Fsp3) is 0.500. The Morgan fingerprint density at radius 1 is 1.19 bits per heavy atom. The number of allylic oxidation sites excluding steroid dienone is 1. The van der Waals surface area contributed by atoms with Crippen molar-refractivity contribution in [1.29, 1.82) is 0 Å². The van der Waals surface area contributed by atoms with Crippen molar-refractivity contribution in [2.24, 2.45) is 0 Å². The van der Waals surface area contributed by atoms with Crippen molar-refractivity contribution in [2.75, 3.05) is 20.8 Å². The van der Waals surface area contributed by atoms with Crippen LogP contribution in [0.3, 0.4) is 0 Å². The molecular weight excluding hydrogens is 364 g/mol. The Morgan fingerprint density at radius 3 is 2.63 bits per heavy atom. The van der Waals surface area contributed by atoms with E-state index in [4.69, 9.17) is 26.4 Å². The predicted molar refractivity (Wildman–Crippen MR) is 109 cm³/mol. The molecule has 1 aromatic rings. The summed E-state index contributed by atoms with van der Waals surface area (Å²) in [7, 11) is 2.97. The van der Waals surface area contributed by atoms with E-state index in [9.17, 15) is 4.79 Å². The summed E-state index contributed by atoms with van der Waals surface area (Å²) in [5.74, 6) is 0.904. The molecule has 1 aliphatic heterocycles. The number of carbonyl (C=O) groups is 1. The third-order valence-electron chi connectivity index (χ3n) is 4.45. The standard InChI is InChI=1S/C20H28N2O4S/c1-5-6-7-8-11-26-15-10-9-14(12-16(15)24-3)18-17(19(23)25-4)13(2)21-20(27)22-18/h9-10,12,18H,5-8,11H2,1-4H3,(H2,21,22,27)/t18-/m0/s1. The van der Waals surface area contributed by atoms with Gasteiger partial charge in [-0.2, -0.15) is 0 Å². The number of thiocarbonyl (C=S) groups is 1. The molecule has 0 saturated heterocycles. The molecule has 1 atom stereocenters. The van der Waals surface area contributed by atoms with Gasteiger partial charge in [-0.25, -0.2) is 4.79 Å². The lowest BCUT2D eigenvalue weighted by atomic mass is 9.95. The highest BCUT2D eigenvalue weighted by Gasteiger charge is 2.31. The first-order valence-corrected chi connectivity index (χ1v) is 9.60. The molecule has 27 heavy (non-hydrogen) atoms. The van der Waals surface area contributed by atoms with Crippen LogP contribution in [0.1, 0.15) is 51.1 Å². The largest absolute Gasteiger partial charge is 0.493 e. The maximum absolute atomic E-state index is 12.3. The first-order valence-electron chi connectivity index (χ1n) is 9.19. The summed E-state index contributed by atoms with van der Waals surface area (Å²) in [6.07, 6.45) is 4.57. The Balaban J connectivity index is 2.23. The van der Waals surface area contributed by atoms with Crippen LogP contribution < -0.4 is 20.1 Å². The van der Waals surface area contributed by atoms with Gasteiger partial charge in [0, 0.05) is 5.70 Å². The number of methoxy groups -OCH3 is 2. The second-order valence-electron chi connectivity index (χ2n) is 6.38. The minimum atomic E-state index is -0.418. The van der Waals surface area contributed by atoms with E-state index in [1.807, 2.05) is 18.2 Å². The minimum absolute atomic E-state index is 0.407. The fourth-order valence-electron chi connectivity index (χ4n) is 3.02. The second kappa shape index (κ2) is 10.2. The zero-order chi connectivity index (χ0) is 19.8. The molecule has 0 fully saturated rings. The SMILES string of the molecule is CCCCCCOc1ccc([C@@H]2NC(=S)NC(C)=C2C(=O)OC)cc1OC. The van der Waals surface area contributed by atoms with Crippen LogP contribution >= 0.6 is 12.2 Å². The van der Waals surface area contributed by atoms with Crippen LogP contribution in [-0.4, -0.2) is 31.9 Å². The molecule has 0 saturated carbocycles. The first-order chi connectivity index (χ1) is 13.0. The van der Waals surface area contributed by atoms with Gasteiger partial charge < -0.3 is 24.8 Å². The summed E-state index contributed by atoms with van der Waals surface area (Å²) in [5, 5.41) is 6.56. The number of nitrogens with one attached hydrogen (secondary N) is 2. The van der Waals surface area contributed by atoms with E-state index in [0.717, 1.165) is 18.4 Å². The number of hydrogen-bond donors (Lipinski definition) is 2. The molecule has 0 bridgehead atoms. The molecular formula is C20H28N2O4S. The zero-order valence-corrected chi connectivity index (χ0v) is 17.2. The monoisotopic (exact) mass is 392 g/mol. The summed E-state index contributed by atoms with van der Waals surface area (Å²) in [6, 6.07) is 5.22. The smallest absolute Gasteiger partial charge is 0.337 e. The molecule has 148 valence electrons. The van der Waals surface area contributed by atoms with Crippen LogP contribution in [0.15, 0.2) is 29.5 Å². The molecule has 0 aromatic heterocycles. The van der Waals surface area contributed by atoms with Gasteiger partial charge >= 0.3 is 5.97 Å². The van der Waals surface area contributed by atoms with Crippen LogP contribution in [0, 0.1) is 0 Å². The maximum Gasteiger partial charge on any atom is 0.337 e. The number of unbranched alkanes of at least 4 members (excludes halogenated alkanes) is 3. The number of hydrogen-bond acceptors (Lipinski definition) is 5. The van der Waals surface area contributed by atoms with Crippen molar-refractivity contribution < 1.29 is 19.0 Å². The summed E-state index contributed by atoms with van der Waals surface area (Å²) in [4.78, 5) is 12.3. The molecule has 1 heterocycles. The number of rotatable bonds is 9. The average Bonchev–Trinajstić information content (AvgIpc) is 2.66. The molecule has 0 radical (unpaired) electrons. The van der Waals surface area contributed by atoms with E-state index >= 15 is 0 Å².